The highest BCUT2D eigenvalue weighted by Gasteiger charge is 1.95. The molecule has 0 unspecified atom stereocenters. The lowest BCUT2D eigenvalue weighted by molar-refractivity contribution is -0.118. The summed E-state index contributed by atoms with van der Waals surface area (Å²) in [6, 6.07) is 7.76. The average molecular weight is 222 g/mol. The van der Waals surface area contributed by atoms with Crippen molar-refractivity contribution in [1.29, 1.82) is 0 Å². The van der Waals surface area contributed by atoms with Crippen LogP contribution < -0.4 is 11.1 Å². The van der Waals surface area contributed by atoms with Gasteiger partial charge >= 0.3 is 0 Å². The first-order valence-corrected chi connectivity index (χ1v) is 5.40. The van der Waals surface area contributed by atoms with Crippen LogP contribution >= 0.6 is 0 Å². The van der Waals surface area contributed by atoms with Crippen LogP contribution in [0.1, 0.15) is 24.0 Å². The van der Waals surface area contributed by atoms with Crippen LogP contribution in [0.2, 0.25) is 0 Å². The van der Waals surface area contributed by atoms with Crippen molar-refractivity contribution < 1.29 is 9.90 Å². The van der Waals surface area contributed by atoms with E-state index in [1.165, 1.54) is 0 Å². The van der Waals surface area contributed by atoms with Crippen molar-refractivity contribution in [2.24, 2.45) is 5.73 Å². The Bertz CT molecular complexity index is 322. The standard InChI is InChI=1S/C12H18N2O2/c13-12(16)2-1-7-14-8-10-3-5-11(9-15)6-4-10/h3-6,14-15H,1-2,7-9H2,(H2,13,16). The van der Waals surface area contributed by atoms with Gasteiger partial charge < -0.3 is 16.2 Å². The predicted molar refractivity (Wildman–Crippen MR) is 62.5 cm³/mol. The van der Waals surface area contributed by atoms with Gasteiger partial charge in [-0.2, -0.15) is 0 Å². The number of rotatable bonds is 7. The number of carbonyl (C=O) groups excluding carboxylic acids is 1. The molecule has 0 fully saturated rings. The lowest BCUT2D eigenvalue weighted by Crippen LogP contribution is -2.18. The molecule has 0 aliphatic carbocycles. The van der Waals surface area contributed by atoms with E-state index in [0.717, 1.165) is 30.6 Å². The third-order valence-electron chi connectivity index (χ3n) is 2.31. The molecule has 0 atom stereocenters. The first kappa shape index (κ1) is 12.7. The number of nitrogens with one attached hydrogen (secondary N) is 1. The fourth-order valence-corrected chi connectivity index (χ4v) is 1.38. The molecule has 0 aliphatic heterocycles. The van der Waals surface area contributed by atoms with Crippen LogP contribution in [0.25, 0.3) is 0 Å². The third kappa shape index (κ3) is 4.91. The fourth-order valence-electron chi connectivity index (χ4n) is 1.38. The fraction of sp³-hybridized carbons (Fsp3) is 0.417. The lowest BCUT2D eigenvalue weighted by Gasteiger charge is -2.04. The second-order valence-corrected chi connectivity index (χ2v) is 3.72. The molecular formula is C12H18N2O2. The zero-order chi connectivity index (χ0) is 11.8. The van der Waals surface area contributed by atoms with Crippen molar-refractivity contribution in [2.45, 2.75) is 26.0 Å². The first-order valence-electron chi connectivity index (χ1n) is 5.40. The molecular weight excluding hydrogens is 204 g/mol. The number of primary amides is 1. The van der Waals surface area contributed by atoms with Gasteiger partial charge in [-0.1, -0.05) is 24.3 Å². The molecule has 0 bridgehead atoms. The summed E-state index contributed by atoms with van der Waals surface area (Å²) in [4.78, 5) is 10.5. The smallest absolute Gasteiger partial charge is 0.217 e. The number of hydrogen-bond donors (Lipinski definition) is 3. The highest BCUT2D eigenvalue weighted by atomic mass is 16.3. The van der Waals surface area contributed by atoms with Gasteiger partial charge in [0.15, 0.2) is 0 Å². The van der Waals surface area contributed by atoms with Crippen molar-refractivity contribution in [1.82, 2.24) is 5.32 Å². The van der Waals surface area contributed by atoms with Crippen molar-refractivity contribution in [3.63, 3.8) is 0 Å². The molecule has 1 rings (SSSR count). The van der Waals surface area contributed by atoms with Gasteiger partial charge in [-0.3, -0.25) is 4.79 Å². The Morgan fingerprint density at radius 1 is 1.25 bits per heavy atom. The number of carbonyl (C=O) groups is 1. The van der Waals surface area contributed by atoms with Crippen molar-refractivity contribution in [2.75, 3.05) is 6.54 Å². The summed E-state index contributed by atoms with van der Waals surface area (Å²) in [7, 11) is 0. The summed E-state index contributed by atoms with van der Waals surface area (Å²) in [6.07, 6.45) is 1.19. The summed E-state index contributed by atoms with van der Waals surface area (Å²) in [5, 5.41) is 12.1. The summed E-state index contributed by atoms with van der Waals surface area (Å²) in [6.45, 7) is 1.63. The normalized spacial score (nSPS) is 10.3. The van der Waals surface area contributed by atoms with Crippen LogP contribution in [0.4, 0.5) is 0 Å². The third-order valence-corrected chi connectivity index (χ3v) is 2.31. The molecule has 1 aromatic rings. The van der Waals surface area contributed by atoms with E-state index in [0.29, 0.717) is 6.42 Å². The highest BCUT2D eigenvalue weighted by molar-refractivity contribution is 5.73. The number of aliphatic hydroxyl groups excluding tert-OH is 1. The van der Waals surface area contributed by atoms with Gasteiger partial charge in [0.05, 0.1) is 6.61 Å². The quantitative estimate of drug-likeness (QED) is 0.589. The second-order valence-electron chi connectivity index (χ2n) is 3.72. The van der Waals surface area contributed by atoms with Crippen molar-refractivity contribution in [3.05, 3.63) is 35.4 Å². The average Bonchev–Trinajstić information content (AvgIpc) is 2.29. The molecule has 4 N–H and O–H groups in total. The monoisotopic (exact) mass is 222 g/mol. The number of amides is 1. The van der Waals surface area contributed by atoms with E-state index >= 15 is 0 Å². The van der Waals surface area contributed by atoms with Gasteiger partial charge in [0.25, 0.3) is 0 Å². The van der Waals surface area contributed by atoms with Crippen LogP contribution in [0.15, 0.2) is 24.3 Å². The highest BCUT2D eigenvalue weighted by Crippen LogP contribution is 2.03. The Hall–Kier alpha value is -1.39. The molecule has 88 valence electrons. The van der Waals surface area contributed by atoms with Crippen LogP contribution in [0.5, 0.6) is 0 Å². The van der Waals surface area contributed by atoms with Gasteiger partial charge in [0.1, 0.15) is 0 Å². The zero-order valence-electron chi connectivity index (χ0n) is 9.28. The molecule has 1 amide bonds. The second kappa shape index (κ2) is 6.98. The first-order chi connectivity index (χ1) is 7.72. The number of nitrogens with two attached hydrogens (primary N) is 1. The van der Waals surface area contributed by atoms with Crippen LogP contribution in [0.3, 0.4) is 0 Å². The Kier molecular flexibility index (Phi) is 5.53. The maximum absolute atomic E-state index is 10.5. The Morgan fingerprint density at radius 3 is 2.44 bits per heavy atom. The molecule has 0 spiro atoms. The number of benzene rings is 1. The summed E-state index contributed by atoms with van der Waals surface area (Å²) in [5.74, 6) is -0.255. The van der Waals surface area contributed by atoms with E-state index in [9.17, 15) is 4.79 Å². The van der Waals surface area contributed by atoms with Gasteiger partial charge in [-0.15, -0.1) is 0 Å². The molecule has 4 nitrogen and oxygen atoms in total. The SMILES string of the molecule is NC(=O)CCCNCc1ccc(CO)cc1. The minimum Gasteiger partial charge on any atom is -0.392 e. The number of hydrogen-bond acceptors (Lipinski definition) is 3. The molecule has 0 aromatic heterocycles. The minimum absolute atomic E-state index is 0.0757. The Balaban J connectivity index is 2.19. The summed E-state index contributed by atoms with van der Waals surface area (Å²) >= 11 is 0. The molecule has 0 aliphatic rings. The van der Waals surface area contributed by atoms with E-state index in [4.69, 9.17) is 10.8 Å². The molecule has 0 saturated heterocycles. The maximum Gasteiger partial charge on any atom is 0.217 e. The van der Waals surface area contributed by atoms with E-state index in [1.807, 2.05) is 24.3 Å². The largest absolute Gasteiger partial charge is 0.392 e. The van der Waals surface area contributed by atoms with Crippen LogP contribution in [-0.2, 0) is 17.9 Å². The maximum atomic E-state index is 10.5. The summed E-state index contributed by atoms with van der Waals surface area (Å²) in [5.41, 5.74) is 7.10. The van der Waals surface area contributed by atoms with Gasteiger partial charge in [0.2, 0.25) is 5.91 Å². The molecule has 0 radical (unpaired) electrons. The lowest BCUT2D eigenvalue weighted by atomic mass is 10.1. The van der Waals surface area contributed by atoms with Crippen molar-refractivity contribution in [3.8, 4) is 0 Å². The predicted octanol–water partition coefficient (Wildman–Crippen LogP) is 0.534. The van der Waals surface area contributed by atoms with E-state index in [2.05, 4.69) is 5.32 Å². The van der Waals surface area contributed by atoms with E-state index < -0.39 is 0 Å². The molecule has 0 heterocycles. The molecule has 0 saturated carbocycles. The van der Waals surface area contributed by atoms with Crippen LogP contribution in [-0.4, -0.2) is 17.6 Å². The summed E-state index contributed by atoms with van der Waals surface area (Å²) < 4.78 is 0. The Labute approximate surface area is 95.5 Å². The minimum atomic E-state index is -0.255. The van der Waals surface area contributed by atoms with Gasteiger partial charge in [-0.05, 0) is 24.1 Å². The Morgan fingerprint density at radius 2 is 1.88 bits per heavy atom. The molecule has 4 heteroatoms. The van der Waals surface area contributed by atoms with Gasteiger partial charge in [0, 0.05) is 13.0 Å². The van der Waals surface area contributed by atoms with Crippen LogP contribution in [0, 0.1) is 0 Å². The van der Waals surface area contributed by atoms with E-state index in [-0.39, 0.29) is 12.5 Å². The topological polar surface area (TPSA) is 75.4 Å². The molecule has 16 heavy (non-hydrogen) atoms. The molecule has 1 aromatic carbocycles. The van der Waals surface area contributed by atoms with Crippen molar-refractivity contribution >= 4 is 5.91 Å². The van der Waals surface area contributed by atoms with Gasteiger partial charge in [-0.25, -0.2) is 0 Å². The number of aliphatic hydroxyl groups is 1. The zero-order valence-corrected chi connectivity index (χ0v) is 9.28. The van der Waals surface area contributed by atoms with E-state index in [1.54, 1.807) is 0 Å².